The van der Waals surface area contributed by atoms with Gasteiger partial charge in [0.1, 0.15) is 79.0 Å². The van der Waals surface area contributed by atoms with Crippen LogP contribution in [-0.2, 0) is 59.8 Å². The number of nitrogens with two attached hydrogens (primary N) is 2. The number of H-pyrrole nitrogens is 2. The number of aliphatic hydroxyl groups excluding tert-OH is 4. The van der Waals surface area contributed by atoms with Crippen LogP contribution in [0.5, 0.6) is 0 Å². The molecule has 17 atom stereocenters. The van der Waals surface area contributed by atoms with Crippen LogP contribution >= 0.6 is 23.5 Å². The van der Waals surface area contributed by atoms with Crippen molar-refractivity contribution >= 4 is 35.1 Å². The number of hydrogen-bond donors (Lipinski definition) is 11. The van der Waals surface area contributed by atoms with E-state index in [1.54, 1.807) is 0 Å². The van der Waals surface area contributed by atoms with Crippen LogP contribution in [0.1, 0.15) is 37.8 Å². The predicted octanol–water partition coefficient (Wildman–Crippen LogP) is -5.28. The number of hydrogen-bond acceptors (Lipinski definition) is 27. The quantitative estimate of drug-likeness (QED) is 0.0368. The van der Waals surface area contributed by atoms with E-state index in [2.05, 4.69) is 9.97 Å². The van der Waals surface area contributed by atoms with Crippen molar-refractivity contribution in [1.82, 2.24) is 38.2 Å². The minimum Gasteiger partial charge on any atom is -0.394 e. The van der Waals surface area contributed by atoms with Crippen LogP contribution in [0.4, 0.5) is 11.6 Å². The summed E-state index contributed by atoms with van der Waals surface area (Å²) >= 11 is 0. The Labute approximate surface area is 415 Å². The van der Waals surface area contributed by atoms with E-state index in [4.69, 9.17) is 57.6 Å². The standard InChI is InChI=1S/C36H47N10O26P3/c37-21-1-5-43(33(53)39-21)25-9-15(48)18(67-25)12-63-74(59,60)71-30-20(69-32(28(30)52)46-8-4-24(50)42-36(46)56)14-65-75(61,62)72-29-19(68-31(27(29)51)45-7-3-23(49)41-35(45)55)13-64-73(57,58)70-16-10-26(66-17(16)11-47)44-6-2-22(38)40-34(44)54/h1-8,15-20,25-32,47-48,51-52H,9-14H2,(H,57,58)(H,59,60)(H,61,62)(H2,37,39,53)(H2,38,40,54)(H,41,49,55)(H,42,50,56)/t15-,16-,17+,18+,19+,20+,25+,26+,27+,28+,29+,30+,31+,32+/m0/s1. The van der Waals surface area contributed by atoms with Gasteiger partial charge in [-0.1, -0.05) is 0 Å². The average Bonchev–Trinajstić information content (AvgIpc) is 4.07. The van der Waals surface area contributed by atoms with Gasteiger partial charge in [-0.3, -0.25) is 65.0 Å². The number of ether oxygens (including phenoxy) is 4. The van der Waals surface area contributed by atoms with Crippen LogP contribution in [0, 0.1) is 0 Å². The molecule has 8 heterocycles. The van der Waals surface area contributed by atoms with Gasteiger partial charge in [-0.2, -0.15) is 9.97 Å². The molecule has 4 aliphatic heterocycles. The number of nitrogen functional groups attached to an aromatic ring is 2. The maximum Gasteiger partial charge on any atom is 0.472 e. The lowest BCUT2D eigenvalue weighted by atomic mass is 10.1. The van der Waals surface area contributed by atoms with Gasteiger partial charge in [0.25, 0.3) is 11.1 Å². The number of aromatic nitrogens is 8. The summed E-state index contributed by atoms with van der Waals surface area (Å²) in [5.41, 5.74) is 5.22. The number of nitrogens with zero attached hydrogens (tertiary/aromatic N) is 6. The second-order valence-corrected chi connectivity index (χ2v) is 21.0. The van der Waals surface area contributed by atoms with Gasteiger partial charge in [0.2, 0.25) is 0 Å². The lowest BCUT2D eigenvalue weighted by Gasteiger charge is -2.26. The summed E-state index contributed by atoms with van der Waals surface area (Å²) in [5.74, 6) is -0.219. The molecule has 0 aromatic carbocycles. The van der Waals surface area contributed by atoms with E-state index in [1.165, 1.54) is 24.5 Å². The Bertz CT molecular complexity index is 3240. The van der Waals surface area contributed by atoms with Crippen molar-refractivity contribution in [2.45, 2.75) is 98.8 Å². The van der Waals surface area contributed by atoms with E-state index in [1.807, 2.05) is 9.97 Å². The Morgan fingerprint density at radius 3 is 1.40 bits per heavy atom. The van der Waals surface area contributed by atoms with Crippen molar-refractivity contribution in [2.24, 2.45) is 0 Å². The summed E-state index contributed by atoms with van der Waals surface area (Å²) in [6.07, 6.45) is -20.6. The first-order valence-electron chi connectivity index (χ1n) is 21.9. The van der Waals surface area contributed by atoms with Crippen LogP contribution in [0.2, 0.25) is 0 Å². The monoisotopic (exact) mass is 1130 g/mol. The van der Waals surface area contributed by atoms with E-state index >= 15 is 0 Å². The summed E-state index contributed by atoms with van der Waals surface area (Å²) in [5, 5.41) is 43.3. The van der Waals surface area contributed by atoms with Crippen LogP contribution in [0.25, 0.3) is 0 Å². The number of aliphatic hydroxyl groups is 4. The highest BCUT2D eigenvalue weighted by molar-refractivity contribution is 7.48. The highest BCUT2D eigenvalue weighted by atomic mass is 31.2. The third-order valence-electron chi connectivity index (χ3n) is 11.7. The fraction of sp³-hybridized carbons (Fsp3) is 0.556. The van der Waals surface area contributed by atoms with E-state index in [-0.39, 0.29) is 24.5 Å². The molecule has 4 fully saturated rings. The number of phosphoric ester groups is 3. The van der Waals surface area contributed by atoms with Crippen molar-refractivity contribution in [2.75, 3.05) is 37.9 Å². The number of phosphoric acid groups is 3. The van der Waals surface area contributed by atoms with Gasteiger partial charge >= 0.3 is 46.2 Å². The van der Waals surface area contributed by atoms with Crippen molar-refractivity contribution in [3.05, 3.63) is 112 Å². The van der Waals surface area contributed by atoms with E-state index < -0.39 is 170 Å². The van der Waals surface area contributed by atoms with Crippen molar-refractivity contribution < 1.29 is 94.9 Å². The molecule has 0 aliphatic carbocycles. The average molecular weight is 1130 g/mol. The Balaban J connectivity index is 0.970. The minimum atomic E-state index is -5.69. The van der Waals surface area contributed by atoms with Gasteiger partial charge in [0.15, 0.2) is 12.5 Å². The van der Waals surface area contributed by atoms with Gasteiger partial charge in [0.05, 0.1) is 32.5 Å². The Morgan fingerprint density at radius 1 is 0.573 bits per heavy atom. The molecular weight excluding hydrogens is 1080 g/mol. The molecule has 4 aliphatic rings. The second-order valence-electron chi connectivity index (χ2n) is 16.8. The smallest absolute Gasteiger partial charge is 0.394 e. The molecule has 36 nitrogen and oxygen atoms in total. The zero-order chi connectivity index (χ0) is 54.3. The lowest BCUT2D eigenvalue weighted by Crippen LogP contribution is -2.39. The molecule has 0 radical (unpaired) electrons. The maximum atomic E-state index is 13.8. The number of nitrogens with one attached hydrogen (secondary N) is 2. The molecule has 75 heavy (non-hydrogen) atoms. The summed E-state index contributed by atoms with van der Waals surface area (Å²) in [6, 6.07) is 4.21. The number of anilines is 2. The molecule has 0 spiro atoms. The zero-order valence-corrected chi connectivity index (χ0v) is 40.7. The largest absolute Gasteiger partial charge is 0.472 e. The van der Waals surface area contributed by atoms with E-state index in [0.717, 1.165) is 33.7 Å². The molecule has 412 valence electrons. The number of aromatic amines is 2. The summed E-state index contributed by atoms with van der Waals surface area (Å²) in [4.78, 5) is 118. The molecule has 4 aromatic heterocycles. The fourth-order valence-electron chi connectivity index (χ4n) is 8.23. The highest BCUT2D eigenvalue weighted by Crippen LogP contribution is 2.53. The van der Waals surface area contributed by atoms with Gasteiger partial charge in [0, 0.05) is 49.8 Å². The SMILES string of the molecule is Nc1ccn([C@H]2C[C@H](OP(=O)(O)OC[C@H]3O[C@@H](n4ccc(=O)[nH]c4=O)[C@H](O)[C@@H]3OP(=O)(O)OC[C@H]3O[C@@H](n4ccc(=O)[nH]c4=O)[C@H](O)[C@@H]3OP(=O)(O)OC[C@H]3O[C@@H](n4ccc(N)nc4=O)C[C@@H]3O)[C@@H](CO)O2)c(=O)n1. The van der Waals surface area contributed by atoms with Crippen LogP contribution in [0.3, 0.4) is 0 Å². The van der Waals surface area contributed by atoms with Gasteiger partial charge in [-0.25, -0.2) is 32.9 Å². The molecule has 0 amide bonds. The minimum absolute atomic E-state index is 0.101. The highest BCUT2D eigenvalue weighted by Gasteiger charge is 2.53. The molecule has 8 rings (SSSR count). The summed E-state index contributed by atoms with van der Waals surface area (Å²) in [6.45, 7) is -4.10. The van der Waals surface area contributed by atoms with Crippen LogP contribution in [0.15, 0.2) is 77.8 Å². The first kappa shape index (κ1) is 55.9. The first-order valence-corrected chi connectivity index (χ1v) is 26.4. The van der Waals surface area contributed by atoms with Crippen LogP contribution < -0.4 is 45.3 Å². The molecule has 0 saturated carbocycles. The summed E-state index contributed by atoms with van der Waals surface area (Å²) in [7, 11) is -16.5. The molecule has 3 unspecified atom stereocenters. The zero-order valence-electron chi connectivity index (χ0n) is 38.0. The molecule has 39 heteroatoms. The Morgan fingerprint density at radius 2 is 0.973 bits per heavy atom. The van der Waals surface area contributed by atoms with Crippen molar-refractivity contribution in [1.29, 1.82) is 0 Å². The third kappa shape index (κ3) is 13.0. The fourth-order valence-corrected chi connectivity index (χ4v) is 11.1. The first-order chi connectivity index (χ1) is 35.3. The summed E-state index contributed by atoms with van der Waals surface area (Å²) < 4.78 is 97.4. The topological polar surface area (TPSA) is 517 Å². The number of rotatable bonds is 20. The van der Waals surface area contributed by atoms with Gasteiger partial charge in [-0.05, 0) is 12.1 Å². The van der Waals surface area contributed by atoms with Gasteiger partial charge in [-0.15, -0.1) is 0 Å². The van der Waals surface area contributed by atoms with Crippen LogP contribution in [-0.4, -0.2) is 161 Å². The van der Waals surface area contributed by atoms with Crippen molar-refractivity contribution in [3.8, 4) is 0 Å². The molecule has 13 N–H and O–H groups in total. The van der Waals surface area contributed by atoms with Gasteiger partial charge < -0.3 is 65.5 Å². The molecular formula is C36H47N10O26P3. The molecule has 4 saturated heterocycles. The van der Waals surface area contributed by atoms with Crippen molar-refractivity contribution in [3.63, 3.8) is 0 Å². The van der Waals surface area contributed by atoms with E-state index in [0.29, 0.717) is 9.13 Å². The van der Waals surface area contributed by atoms with E-state index in [9.17, 15) is 77.6 Å². The predicted molar refractivity (Wildman–Crippen MR) is 240 cm³/mol. The third-order valence-corrected chi connectivity index (χ3v) is 14.7. The molecule has 4 aromatic rings. The lowest BCUT2D eigenvalue weighted by molar-refractivity contribution is -0.0652. The normalized spacial score (nSPS) is 32.3. The molecule has 0 bridgehead atoms. The Kier molecular flexibility index (Phi) is 16.7. The Hall–Kier alpha value is -5.27. The second kappa shape index (κ2) is 22.4. The maximum absolute atomic E-state index is 13.8.